The molecule has 1 aliphatic heterocycles. The third kappa shape index (κ3) is 4.33. The largest absolute Gasteiger partial charge is 0.352 e. The van der Waals surface area contributed by atoms with E-state index in [1.165, 1.54) is 16.7 Å². The maximum atomic E-state index is 12.2. The molecule has 0 aromatic heterocycles. The summed E-state index contributed by atoms with van der Waals surface area (Å²) in [6, 6.07) is 7.14. The summed E-state index contributed by atoms with van der Waals surface area (Å²) < 4.78 is 0. The van der Waals surface area contributed by atoms with Gasteiger partial charge in [0.25, 0.3) is 0 Å². The van der Waals surface area contributed by atoms with Crippen molar-refractivity contribution in [1.82, 2.24) is 15.1 Å². The molecule has 4 nitrogen and oxygen atoms in total. The number of amides is 1. The summed E-state index contributed by atoms with van der Waals surface area (Å²) in [6.45, 7) is 11.4. The standard InChI is InChI=1S/C19H29N3O/c1-14-4-5-15(2)17(12-14)13-21-8-10-22(11-9-21)16(3)19(23)20-18-6-7-18/h4-5,12,16,18H,6-11,13H2,1-3H3,(H,20,23)/t16-/m1/s1. The molecule has 0 radical (unpaired) electrons. The smallest absolute Gasteiger partial charge is 0.237 e. The van der Waals surface area contributed by atoms with Crippen LogP contribution in [-0.4, -0.2) is 54.0 Å². The van der Waals surface area contributed by atoms with E-state index in [0.29, 0.717) is 6.04 Å². The molecule has 0 unspecified atom stereocenters. The predicted molar refractivity (Wildman–Crippen MR) is 93.4 cm³/mol. The zero-order valence-electron chi connectivity index (χ0n) is 14.6. The van der Waals surface area contributed by atoms with Crippen LogP contribution in [0.25, 0.3) is 0 Å². The average Bonchev–Trinajstić information content (AvgIpc) is 3.35. The molecule has 1 saturated heterocycles. The highest BCUT2D eigenvalue weighted by Crippen LogP contribution is 2.20. The lowest BCUT2D eigenvalue weighted by atomic mass is 10.0. The first-order valence-electron chi connectivity index (χ1n) is 8.86. The lowest BCUT2D eigenvalue weighted by molar-refractivity contribution is -0.126. The summed E-state index contributed by atoms with van der Waals surface area (Å²) in [5, 5.41) is 3.12. The maximum absolute atomic E-state index is 12.2. The van der Waals surface area contributed by atoms with Gasteiger partial charge in [0, 0.05) is 38.8 Å². The molecule has 1 saturated carbocycles. The molecular weight excluding hydrogens is 286 g/mol. The van der Waals surface area contributed by atoms with Gasteiger partial charge in [0.2, 0.25) is 5.91 Å². The molecule has 0 spiro atoms. The molecular formula is C19H29N3O. The lowest BCUT2D eigenvalue weighted by Crippen LogP contribution is -2.53. The Bertz CT molecular complexity index is 560. The van der Waals surface area contributed by atoms with Gasteiger partial charge in [-0.3, -0.25) is 14.6 Å². The van der Waals surface area contributed by atoms with Gasteiger partial charge < -0.3 is 5.32 Å². The molecule has 1 N–H and O–H groups in total. The van der Waals surface area contributed by atoms with Crippen LogP contribution >= 0.6 is 0 Å². The molecule has 2 aliphatic rings. The summed E-state index contributed by atoms with van der Waals surface area (Å²) in [6.07, 6.45) is 2.31. The fourth-order valence-corrected chi connectivity index (χ4v) is 3.24. The van der Waals surface area contributed by atoms with Gasteiger partial charge in [-0.2, -0.15) is 0 Å². The minimum absolute atomic E-state index is 0.00143. The Morgan fingerprint density at radius 2 is 1.91 bits per heavy atom. The number of aryl methyl sites for hydroxylation is 2. The van der Waals surface area contributed by atoms with Gasteiger partial charge in [0.05, 0.1) is 6.04 Å². The van der Waals surface area contributed by atoms with E-state index >= 15 is 0 Å². The molecule has 2 fully saturated rings. The zero-order chi connectivity index (χ0) is 16.4. The van der Waals surface area contributed by atoms with Gasteiger partial charge in [-0.05, 0) is 44.7 Å². The molecule has 1 aromatic carbocycles. The van der Waals surface area contributed by atoms with Crippen LogP contribution in [0, 0.1) is 13.8 Å². The zero-order valence-corrected chi connectivity index (χ0v) is 14.6. The molecule has 1 amide bonds. The van der Waals surface area contributed by atoms with Crippen molar-refractivity contribution in [3.8, 4) is 0 Å². The molecule has 1 atom stereocenters. The minimum atomic E-state index is -0.00143. The predicted octanol–water partition coefficient (Wildman–Crippen LogP) is 2.09. The number of benzene rings is 1. The van der Waals surface area contributed by atoms with Gasteiger partial charge >= 0.3 is 0 Å². The molecule has 1 aromatic rings. The number of hydrogen-bond acceptors (Lipinski definition) is 3. The van der Waals surface area contributed by atoms with E-state index in [1.54, 1.807) is 0 Å². The first-order chi connectivity index (χ1) is 11.0. The van der Waals surface area contributed by atoms with E-state index in [4.69, 9.17) is 0 Å². The summed E-state index contributed by atoms with van der Waals surface area (Å²) in [5.41, 5.74) is 4.13. The number of carbonyl (C=O) groups is 1. The first-order valence-corrected chi connectivity index (χ1v) is 8.86. The first kappa shape index (κ1) is 16.5. The lowest BCUT2D eigenvalue weighted by Gasteiger charge is -2.37. The van der Waals surface area contributed by atoms with Crippen molar-refractivity contribution in [2.45, 2.75) is 52.2 Å². The SMILES string of the molecule is Cc1ccc(C)c(CN2CCN([C@H](C)C(=O)NC3CC3)CC2)c1. The van der Waals surface area contributed by atoms with Crippen molar-refractivity contribution >= 4 is 5.91 Å². The van der Waals surface area contributed by atoms with Gasteiger partial charge in [-0.1, -0.05) is 23.8 Å². The third-order valence-corrected chi connectivity index (χ3v) is 5.16. The Kier molecular flexibility index (Phi) is 5.02. The second kappa shape index (κ2) is 7.02. The maximum Gasteiger partial charge on any atom is 0.237 e. The van der Waals surface area contributed by atoms with Gasteiger partial charge in [-0.15, -0.1) is 0 Å². The van der Waals surface area contributed by atoms with Crippen molar-refractivity contribution in [3.63, 3.8) is 0 Å². The van der Waals surface area contributed by atoms with E-state index < -0.39 is 0 Å². The molecule has 23 heavy (non-hydrogen) atoms. The second-order valence-corrected chi connectivity index (χ2v) is 7.20. The molecule has 3 rings (SSSR count). The summed E-state index contributed by atoms with van der Waals surface area (Å²) >= 11 is 0. The Hall–Kier alpha value is -1.39. The monoisotopic (exact) mass is 315 g/mol. The number of carbonyl (C=O) groups excluding carboxylic acids is 1. The molecule has 4 heteroatoms. The minimum Gasteiger partial charge on any atom is -0.352 e. The van der Waals surface area contributed by atoms with Crippen molar-refractivity contribution in [2.24, 2.45) is 0 Å². The van der Waals surface area contributed by atoms with Gasteiger partial charge in [0.15, 0.2) is 0 Å². The van der Waals surface area contributed by atoms with Crippen molar-refractivity contribution in [3.05, 3.63) is 34.9 Å². The molecule has 1 aliphatic carbocycles. The second-order valence-electron chi connectivity index (χ2n) is 7.20. The van der Waals surface area contributed by atoms with E-state index in [1.807, 2.05) is 6.92 Å². The number of nitrogens with one attached hydrogen (secondary N) is 1. The van der Waals surface area contributed by atoms with Crippen LogP contribution < -0.4 is 5.32 Å². The van der Waals surface area contributed by atoms with Gasteiger partial charge in [0.1, 0.15) is 0 Å². The number of nitrogens with zero attached hydrogens (tertiary/aromatic N) is 2. The van der Waals surface area contributed by atoms with Gasteiger partial charge in [-0.25, -0.2) is 0 Å². The highest BCUT2D eigenvalue weighted by molar-refractivity contribution is 5.81. The highest BCUT2D eigenvalue weighted by Gasteiger charge is 2.29. The normalized spacial score (nSPS) is 21.2. The van der Waals surface area contributed by atoms with E-state index in [2.05, 4.69) is 47.2 Å². The number of piperazine rings is 1. The highest BCUT2D eigenvalue weighted by atomic mass is 16.2. The van der Waals surface area contributed by atoms with Crippen LogP contribution in [0.1, 0.15) is 36.5 Å². The van der Waals surface area contributed by atoms with E-state index in [-0.39, 0.29) is 11.9 Å². The van der Waals surface area contributed by atoms with Crippen LogP contribution in [0.2, 0.25) is 0 Å². The quantitative estimate of drug-likeness (QED) is 0.904. The van der Waals surface area contributed by atoms with Crippen LogP contribution in [0.4, 0.5) is 0 Å². The Balaban J connectivity index is 1.49. The number of hydrogen-bond donors (Lipinski definition) is 1. The van der Waals surface area contributed by atoms with Crippen molar-refractivity contribution in [2.75, 3.05) is 26.2 Å². The molecule has 126 valence electrons. The van der Waals surface area contributed by atoms with E-state index in [9.17, 15) is 4.79 Å². The number of rotatable bonds is 5. The van der Waals surface area contributed by atoms with Crippen LogP contribution in [0.5, 0.6) is 0 Å². The van der Waals surface area contributed by atoms with Crippen molar-refractivity contribution < 1.29 is 4.79 Å². The summed E-state index contributed by atoms with van der Waals surface area (Å²) in [5.74, 6) is 0.204. The fraction of sp³-hybridized carbons (Fsp3) is 0.632. The Morgan fingerprint density at radius 1 is 1.22 bits per heavy atom. The van der Waals surface area contributed by atoms with E-state index in [0.717, 1.165) is 45.6 Å². The topological polar surface area (TPSA) is 35.6 Å². The molecule has 1 heterocycles. The fourth-order valence-electron chi connectivity index (χ4n) is 3.24. The molecule has 0 bridgehead atoms. The Labute approximate surface area is 139 Å². The summed E-state index contributed by atoms with van der Waals surface area (Å²) in [7, 11) is 0. The van der Waals surface area contributed by atoms with Crippen LogP contribution in [-0.2, 0) is 11.3 Å². The summed E-state index contributed by atoms with van der Waals surface area (Å²) in [4.78, 5) is 17.0. The van der Waals surface area contributed by atoms with Crippen molar-refractivity contribution in [1.29, 1.82) is 0 Å². The average molecular weight is 315 g/mol. The third-order valence-electron chi connectivity index (χ3n) is 5.16. The van der Waals surface area contributed by atoms with Crippen LogP contribution in [0.15, 0.2) is 18.2 Å². The van der Waals surface area contributed by atoms with Crippen LogP contribution in [0.3, 0.4) is 0 Å². The Morgan fingerprint density at radius 3 is 2.57 bits per heavy atom.